The van der Waals surface area contributed by atoms with Crippen LogP contribution in [-0.4, -0.2) is 37.9 Å². The Morgan fingerprint density at radius 2 is 2.26 bits per heavy atom. The molecule has 0 radical (unpaired) electrons. The first-order valence-corrected chi connectivity index (χ1v) is 6.98. The Morgan fingerprint density at radius 1 is 1.53 bits per heavy atom. The molecule has 0 aliphatic carbocycles. The van der Waals surface area contributed by atoms with Crippen LogP contribution < -0.4 is 5.32 Å². The summed E-state index contributed by atoms with van der Waals surface area (Å²) in [4.78, 5) is 11.8. The molecule has 0 bridgehead atoms. The third-order valence-electron chi connectivity index (χ3n) is 2.52. The van der Waals surface area contributed by atoms with E-state index in [9.17, 15) is 13.2 Å². The average Bonchev–Trinajstić information content (AvgIpc) is 2.86. The molecule has 0 spiro atoms. The summed E-state index contributed by atoms with van der Waals surface area (Å²) in [7, 11) is -2.64. The van der Waals surface area contributed by atoms with Gasteiger partial charge in [-0.25, -0.2) is 4.31 Å². The van der Waals surface area contributed by atoms with Crippen molar-refractivity contribution in [2.45, 2.75) is 6.92 Å². The molecule has 1 aliphatic rings. The van der Waals surface area contributed by atoms with Gasteiger partial charge >= 0.3 is 10.2 Å². The van der Waals surface area contributed by atoms with Crippen LogP contribution in [0.2, 0.25) is 0 Å². The van der Waals surface area contributed by atoms with Crippen LogP contribution in [0.5, 0.6) is 0 Å². The number of carbonyl (C=O) groups excluding carboxylic acids is 1. The Balaban J connectivity index is 2.48. The van der Waals surface area contributed by atoms with Crippen LogP contribution in [0.1, 0.15) is 12.7 Å². The minimum atomic E-state index is -3.92. The molecule has 2 rings (SSSR count). The van der Waals surface area contributed by atoms with Gasteiger partial charge in [-0.05, 0) is 25.1 Å². The van der Waals surface area contributed by atoms with Crippen molar-refractivity contribution < 1.29 is 17.6 Å². The van der Waals surface area contributed by atoms with E-state index in [1.165, 1.54) is 19.4 Å². The Morgan fingerprint density at radius 3 is 2.84 bits per heavy atom. The lowest BCUT2D eigenvalue weighted by atomic mass is 10.2. The molecule has 1 aromatic heterocycles. The fourth-order valence-electron chi connectivity index (χ4n) is 1.56. The number of amides is 1. The Kier molecular flexibility index (Phi) is 3.43. The third-order valence-corrected chi connectivity index (χ3v) is 3.83. The molecule has 7 nitrogen and oxygen atoms in total. The van der Waals surface area contributed by atoms with Gasteiger partial charge in [-0.3, -0.25) is 4.79 Å². The summed E-state index contributed by atoms with van der Waals surface area (Å²) in [6.07, 6.45) is 2.79. The highest BCUT2D eigenvalue weighted by atomic mass is 32.2. The molecule has 19 heavy (non-hydrogen) atoms. The van der Waals surface area contributed by atoms with E-state index in [4.69, 9.17) is 4.42 Å². The van der Waals surface area contributed by atoms with Crippen molar-refractivity contribution in [1.82, 2.24) is 9.62 Å². The van der Waals surface area contributed by atoms with Crippen LogP contribution in [0.15, 0.2) is 39.0 Å². The quantitative estimate of drug-likeness (QED) is 0.862. The lowest BCUT2D eigenvalue weighted by Gasteiger charge is -2.22. The van der Waals surface area contributed by atoms with Crippen LogP contribution >= 0.6 is 0 Å². The summed E-state index contributed by atoms with van der Waals surface area (Å²) in [5, 5.41) is 2.55. The summed E-state index contributed by atoms with van der Waals surface area (Å²) in [6, 6.07) is 3.19. The summed E-state index contributed by atoms with van der Waals surface area (Å²) in [5.74, 6) is -0.189. The minimum Gasteiger partial charge on any atom is -0.463 e. The molecule has 1 amide bonds. The van der Waals surface area contributed by atoms with Gasteiger partial charge in [0.15, 0.2) is 5.76 Å². The second kappa shape index (κ2) is 4.88. The number of allylic oxidation sites excluding steroid dienone is 1. The van der Waals surface area contributed by atoms with Crippen LogP contribution in [0.25, 0.3) is 0 Å². The molecule has 1 aromatic rings. The highest BCUT2D eigenvalue weighted by molar-refractivity contribution is 7.88. The number of hydrogen-bond acceptors (Lipinski definition) is 4. The summed E-state index contributed by atoms with van der Waals surface area (Å²) >= 11 is 0. The monoisotopic (exact) mass is 283 g/mol. The van der Waals surface area contributed by atoms with Crippen LogP contribution in [-0.2, 0) is 15.0 Å². The lowest BCUT2D eigenvalue weighted by molar-refractivity contribution is -0.118. The average molecular weight is 283 g/mol. The molecular weight excluding hydrogens is 270 g/mol. The number of hydrogen-bond donors (Lipinski definition) is 1. The second-order valence-corrected chi connectivity index (χ2v) is 5.41. The molecule has 0 saturated carbocycles. The Bertz CT molecular complexity index is 643. The fourth-order valence-corrected chi connectivity index (χ4v) is 2.45. The Labute approximate surface area is 110 Å². The molecule has 1 N–H and O–H groups in total. The number of likely N-dealkylation sites (N-methyl/N-ethyl adjacent to an activating group) is 2. The molecule has 0 fully saturated rings. The van der Waals surface area contributed by atoms with E-state index in [1.54, 1.807) is 19.1 Å². The second-order valence-electron chi connectivity index (χ2n) is 3.79. The number of carbonyl (C=O) groups is 1. The first-order chi connectivity index (χ1) is 8.95. The van der Waals surface area contributed by atoms with E-state index in [-0.39, 0.29) is 11.4 Å². The highest BCUT2D eigenvalue weighted by Gasteiger charge is 2.30. The Hall–Kier alpha value is -2.09. The number of rotatable bonds is 3. The lowest BCUT2D eigenvalue weighted by Crippen LogP contribution is -2.38. The van der Waals surface area contributed by atoms with Crippen LogP contribution in [0.3, 0.4) is 0 Å². The maximum atomic E-state index is 11.9. The van der Waals surface area contributed by atoms with Gasteiger partial charge < -0.3 is 9.73 Å². The van der Waals surface area contributed by atoms with Gasteiger partial charge in [0, 0.05) is 13.6 Å². The number of furan rings is 1. The van der Waals surface area contributed by atoms with Gasteiger partial charge in [-0.1, -0.05) is 0 Å². The molecule has 2 heterocycles. The predicted molar refractivity (Wildman–Crippen MR) is 68.7 cm³/mol. The molecule has 0 atom stereocenters. The zero-order valence-electron chi connectivity index (χ0n) is 10.5. The van der Waals surface area contributed by atoms with Crippen molar-refractivity contribution in [3.8, 4) is 0 Å². The van der Waals surface area contributed by atoms with E-state index in [2.05, 4.69) is 9.71 Å². The van der Waals surface area contributed by atoms with Crippen molar-refractivity contribution in [3.05, 3.63) is 35.9 Å². The van der Waals surface area contributed by atoms with E-state index >= 15 is 0 Å². The van der Waals surface area contributed by atoms with Gasteiger partial charge in [0.1, 0.15) is 11.4 Å². The van der Waals surface area contributed by atoms with E-state index in [0.29, 0.717) is 12.3 Å². The molecule has 102 valence electrons. The maximum Gasteiger partial charge on any atom is 0.345 e. The third kappa shape index (κ3) is 2.53. The molecule has 0 aromatic carbocycles. The van der Waals surface area contributed by atoms with Crippen LogP contribution in [0.4, 0.5) is 0 Å². The molecule has 0 saturated heterocycles. The SMILES string of the molecule is CCNC(=O)C1=CC(c2ccco2)=NS(=O)(=O)N1C. The van der Waals surface area contributed by atoms with E-state index in [1.807, 2.05) is 0 Å². The van der Waals surface area contributed by atoms with Gasteiger partial charge in [0.05, 0.1) is 6.26 Å². The van der Waals surface area contributed by atoms with Crippen molar-refractivity contribution in [3.63, 3.8) is 0 Å². The molecule has 1 aliphatic heterocycles. The smallest absolute Gasteiger partial charge is 0.345 e. The summed E-state index contributed by atoms with van der Waals surface area (Å²) in [5.41, 5.74) is 0.104. The first-order valence-electron chi connectivity index (χ1n) is 5.58. The highest BCUT2D eigenvalue weighted by Crippen LogP contribution is 2.19. The number of nitrogens with zero attached hydrogens (tertiary/aromatic N) is 2. The van der Waals surface area contributed by atoms with Crippen molar-refractivity contribution in [2.24, 2.45) is 4.40 Å². The minimum absolute atomic E-state index is 0.00301. The van der Waals surface area contributed by atoms with E-state index < -0.39 is 16.1 Å². The van der Waals surface area contributed by atoms with Crippen molar-refractivity contribution in [2.75, 3.05) is 13.6 Å². The van der Waals surface area contributed by atoms with Gasteiger partial charge in [-0.15, -0.1) is 4.40 Å². The summed E-state index contributed by atoms with van der Waals surface area (Å²) < 4.78 is 33.3. The van der Waals surface area contributed by atoms with Crippen molar-refractivity contribution in [1.29, 1.82) is 0 Å². The molecule has 8 heteroatoms. The standard InChI is InChI=1S/C11H13N3O4S/c1-3-12-11(15)9-7-8(10-5-4-6-18-10)13-19(16,17)14(9)2/h4-7H,3H2,1-2H3,(H,12,15). The van der Waals surface area contributed by atoms with Gasteiger partial charge in [-0.2, -0.15) is 8.42 Å². The number of nitrogens with one attached hydrogen (secondary N) is 1. The zero-order chi connectivity index (χ0) is 14.0. The molecule has 0 unspecified atom stereocenters. The topological polar surface area (TPSA) is 92.0 Å². The first kappa shape index (κ1) is 13.3. The largest absolute Gasteiger partial charge is 0.463 e. The predicted octanol–water partition coefficient (Wildman–Crippen LogP) is 0.279. The maximum absolute atomic E-state index is 11.9. The normalized spacial score (nSPS) is 17.7. The van der Waals surface area contributed by atoms with Crippen molar-refractivity contribution >= 4 is 21.8 Å². The zero-order valence-corrected chi connectivity index (χ0v) is 11.3. The molecular formula is C11H13N3O4S. The van der Waals surface area contributed by atoms with Gasteiger partial charge in [0.25, 0.3) is 5.91 Å². The van der Waals surface area contributed by atoms with E-state index in [0.717, 1.165) is 4.31 Å². The fraction of sp³-hybridized carbons (Fsp3) is 0.273. The summed E-state index contributed by atoms with van der Waals surface area (Å²) in [6.45, 7) is 2.15. The van der Waals surface area contributed by atoms with Crippen LogP contribution in [0, 0.1) is 0 Å². The van der Waals surface area contributed by atoms with Gasteiger partial charge in [0.2, 0.25) is 0 Å².